The molecule has 4 nitrogen and oxygen atoms in total. The van der Waals surface area contributed by atoms with Crippen LogP contribution in [0.2, 0.25) is 5.02 Å². The van der Waals surface area contributed by atoms with Crippen LogP contribution in [0.15, 0.2) is 30.9 Å². The van der Waals surface area contributed by atoms with E-state index < -0.39 is 0 Å². The molecule has 0 saturated heterocycles. The summed E-state index contributed by atoms with van der Waals surface area (Å²) in [6, 6.07) is 6.15. The molecule has 1 aromatic carbocycles. The molecule has 0 bridgehead atoms. The number of unbranched alkanes of at least 4 members (excludes halogenated alkanes) is 1. The number of hydrogen-bond acceptors (Lipinski definition) is 3. The molecule has 19 heavy (non-hydrogen) atoms. The molecule has 102 valence electrons. The first-order valence-corrected chi connectivity index (χ1v) is 6.99. The van der Waals surface area contributed by atoms with Crippen LogP contribution in [0.4, 0.5) is 5.69 Å². The minimum absolute atomic E-state index is 0.403. The SMILES string of the molecule is CCCCC(C)Nc1cc(Cl)ccc1-n1cncn1. The molecule has 0 radical (unpaired) electrons. The van der Waals surface area contributed by atoms with Gasteiger partial charge >= 0.3 is 0 Å². The summed E-state index contributed by atoms with van der Waals surface area (Å²) in [5.74, 6) is 0. The maximum atomic E-state index is 6.08. The van der Waals surface area contributed by atoms with Crippen LogP contribution in [-0.2, 0) is 0 Å². The van der Waals surface area contributed by atoms with E-state index in [4.69, 9.17) is 11.6 Å². The number of nitrogens with one attached hydrogen (secondary N) is 1. The van der Waals surface area contributed by atoms with E-state index in [9.17, 15) is 0 Å². The Hall–Kier alpha value is -1.55. The molecule has 1 heterocycles. The highest BCUT2D eigenvalue weighted by Crippen LogP contribution is 2.25. The van der Waals surface area contributed by atoms with Gasteiger partial charge in [0, 0.05) is 11.1 Å². The summed E-state index contributed by atoms with van der Waals surface area (Å²) in [5.41, 5.74) is 1.95. The zero-order chi connectivity index (χ0) is 13.7. The fraction of sp³-hybridized carbons (Fsp3) is 0.429. The quantitative estimate of drug-likeness (QED) is 0.871. The molecule has 1 unspecified atom stereocenters. The van der Waals surface area contributed by atoms with Gasteiger partial charge in [0.05, 0.1) is 11.4 Å². The van der Waals surface area contributed by atoms with Crippen molar-refractivity contribution in [1.29, 1.82) is 0 Å². The van der Waals surface area contributed by atoms with Crippen molar-refractivity contribution in [2.45, 2.75) is 39.2 Å². The lowest BCUT2D eigenvalue weighted by Crippen LogP contribution is -2.16. The average Bonchev–Trinajstić information content (AvgIpc) is 2.90. The van der Waals surface area contributed by atoms with Crippen molar-refractivity contribution in [2.75, 3.05) is 5.32 Å². The number of anilines is 1. The highest BCUT2D eigenvalue weighted by atomic mass is 35.5. The molecule has 0 amide bonds. The van der Waals surface area contributed by atoms with Crippen molar-refractivity contribution < 1.29 is 0 Å². The van der Waals surface area contributed by atoms with Gasteiger partial charge in [-0.1, -0.05) is 31.4 Å². The molecule has 0 aliphatic rings. The second kappa shape index (κ2) is 6.57. The number of aromatic nitrogens is 3. The van der Waals surface area contributed by atoms with Crippen molar-refractivity contribution >= 4 is 17.3 Å². The molecule has 0 aliphatic heterocycles. The molecule has 0 aliphatic carbocycles. The summed E-state index contributed by atoms with van der Waals surface area (Å²) in [7, 11) is 0. The van der Waals surface area contributed by atoms with Gasteiger partial charge in [0.15, 0.2) is 0 Å². The Bertz CT molecular complexity index is 510. The monoisotopic (exact) mass is 278 g/mol. The highest BCUT2D eigenvalue weighted by Gasteiger charge is 2.09. The predicted molar refractivity (Wildman–Crippen MR) is 79.0 cm³/mol. The summed E-state index contributed by atoms with van der Waals surface area (Å²) in [6.07, 6.45) is 6.77. The first-order valence-electron chi connectivity index (χ1n) is 6.61. The summed E-state index contributed by atoms with van der Waals surface area (Å²) in [6.45, 7) is 4.38. The fourth-order valence-corrected chi connectivity index (χ4v) is 2.18. The van der Waals surface area contributed by atoms with Crippen molar-refractivity contribution in [3.05, 3.63) is 35.9 Å². The number of nitrogens with zero attached hydrogens (tertiary/aromatic N) is 3. The summed E-state index contributed by atoms with van der Waals surface area (Å²) in [5, 5.41) is 8.39. The molecular formula is C14H19ClN4. The Kier molecular flexibility index (Phi) is 4.80. The van der Waals surface area contributed by atoms with E-state index in [2.05, 4.69) is 29.2 Å². The van der Waals surface area contributed by atoms with Crippen LogP contribution in [0, 0.1) is 0 Å². The summed E-state index contributed by atoms with van der Waals surface area (Å²) >= 11 is 6.08. The van der Waals surface area contributed by atoms with Gasteiger partial charge in [-0.15, -0.1) is 0 Å². The van der Waals surface area contributed by atoms with Crippen LogP contribution in [0.25, 0.3) is 5.69 Å². The molecule has 2 rings (SSSR count). The first kappa shape index (κ1) is 13.9. The molecule has 2 aromatic rings. The van der Waals surface area contributed by atoms with Gasteiger partial charge in [0.25, 0.3) is 0 Å². The average molecular weight is 279 g/mol. The number of hydrogen-bond donors (Lipinski definition) is 1. The van der Waals surface area contributed by atoms with Gasteiger partial charge in [-0.25, -0.2) is 9.67 Å². The smallest absolute Gasteiger partial charge is 0.138 e. The minimum Gasteiger partial charge on any atom is -0.381 e. The zero-order valence-corrected chi connectivity index (χ0v) is 12.1. The lowest BCUT2D eigenvalue weighted by atomic mass is 10.1. The third kappa shape index (κ3) is 3.70. The second-order valence-electron chi connectivity index (χ2n) is 4.69. The topological polar surface area (TPSA) is 42.7 Å². The minimum atomic E-state index is 0.403. The molecule has 0 spiro atoms. The van der Waals surface area contributed by atoms with E-state index in [0.717, 1.165) is 17.8 Å². The zero-order valence-electron chi connectivity index (χ0n) is 11.3. The Morgan fingerprint density at radius 2 is 2.26 bits per heavy atom. The number of halogens is 1. The van der Waals surface area contributed by atoms with Gasteiger partial charge in [-0.05, 0) is 31.5 Å². The summed E-state index contributed by atoms with van der Waals surface area (Å²) < 4.78 is 1.74. The third-order valence-electron chi connectivity index (χ3n) is 3.02. The molecule has 5 heteroatoms. The second-order valence-corrected chi connectivity index (χ2v) is 5.13. The van der Waals surface area contributed by atoms with E-state index in [0.29, 0.717) is 11.1 Å². The van der Waals surface area contributed by atoms with Crippen LogP contribution in [0.5, 0.6) is 0 Å². The van der Waals surface area contributed by atoms with Gasteiger partial charge in [0.1, 0.15) is 12.7 Å². The number of rotatable bonds is 6. The van der Waals surface area contributed by atoms with E-state index >= 15 is 0 Å². The fourth-order valence-electron chi connectivity index (χ4n) is 2.00. The normalized spacial score (nSPS) is 12.4. The Morgan fingerprint density at radius 3 is 2.95 bits per heavy atom. The highest BCUT2D eigenvalue weighted by molar-refractivity contribution is 6.31. The largest absolute Gasteiger partial charge is 0.381 e. The van der Waals surface area contributed by atoms with E-state index in [1.54, 1.807) is 11.0 Å². The van der Waals surface area contributed by atoms with Gasteiger partial charge < -0.3 is 5.32 Å². The Balaban J connectivity index is 2.20. The predicted octanol–water partition coefficient (Wildman–Crippen LogP) is 3.91. The van der Waals surface area contributed by atoms with Crippen LogP contribution < -0.4 is 5.32 Å². The van der Waals surface area contributed by atoms with Gasteiger partial charge in [0.2, 0.25) is 0 Å². The lowest BCUT2D eigenvalue weighted by molar-refractivity contribution is 0.644. The standard InChI is InChI=1S/C14H19ClN4/c1-3-4-5-11(2)18-13-8-12(15)6-7-14(13)19-10-16-9-17-19/h6-11,18H,3-5H2,1-2H3. The first-order chi connectivity index (χ1) is 9.20. The molecule has 1 N–H and O–H groups in total. The van der Waals surface area contributed by atoms with Crippen LogP contribution in [-0.4, -0.2) is 20.8 Å². The third-order valence-corrected chi connectivity index (χ3v) is 3.25. The molecular weight excluding hydrogens is 260 g/mol. The maximum absolute atomic E-state index is 6.08. The van der Waals surface area contributed by atoms with Gasteiger partial charge in [-0.2, -0.15) is 5.10 Å². The van der Waals surface area contributed by atoms with E-state index in [-0.39, 0.29) is 0 Å². The maximum Gasteiger partial charge on any atom is 0.138 e. The van der Waals surface area contributed by atoms with Gasteiger partial charge in [-0.3, -0.25) is 0 Å². The molecule has 1 atom stereocenters. The molecule has 1 aromatic heterocycles. The van der Waals surface area contributed by atoms with Crippen molar-refractivity contribution in [3.8, 4) is 5.69 Å². The Labute approximate surface area is 118 Å². The van der Waals surface area contributed by atoms with Crippen LogP contribution >= 0.6 is 11.6 Å². The van der Waals surface area contributed by atoms with Crippen LogP contribution in [0.1, 0.15) is 33.1 Å². The van der Waals surface area contributed by atoms with E-state index in [1.165, 1.54) is 19.2 Å². The number of benzene rings is 1. The van der Waals surface area contributed by atoms with Crippen molar-refractivity contribution in [3.63, 3.8) is 0 Å². The lowest BCUT2D eigenvalue weighted by Gasteiger charge is -2.18. The van der Waals surface area contributed by atoms with Crippen molar-refractivity contribution in [1.82, 2.24) is 14.8 Å². The summed E-state index contributed by atoms with van der Waals surface area (Å²) in [4.78, 5) is 3.98. The van der Waals surface area contributed by atoms with Crippen molar-refractivity contribution in [2.24, 2.45) is 0 Å². The molecule has 0 saturated carbocycles. The molecule has 0 fully saturated rings. The van der Waals surface area contributed by atoms with Crippen LogP contribution in [0.3, 0.4) is 0 Å². The van der Waals surface area contributed by atoms with E-state index in [1.807, 2.05) is 18.2 Å². The Morgan fingerprint density at radius 1 is 1.42 bits per heavy atom.